The average molecular weight is 369 g/mol. The number of hydrogen-bond acceptors (Lipinski definition) is 5. The SMILES string of the molecule is COCCOc1ccc(NC(=O)CCOc2ccc(F)cc2Cl)cn1. The smallest absolute Gasteiger partial charge is 0.227 e. The molecule has 0 spiro atoms. The lowest BCUT2D eigenvalue weighted by molar-refractivity contribution is -0.116. The molecule has 25 heavy (non-hydrogen) atoms. The normalized spacial score (nSPS) is 10.4. The Kier molecular flexibility index (Phi) is 7.43. The number of nitrogens with one attached hydrogen (secondary N) is 1. The quantitative estimate of drug-likeness (QED) is 0.688. The van der Waals surface area contributed by atoms with Gasteiger partial charge in [0.1, 0.15) is 18.2 Å². The summed E-state index contributed by atoms with van der Waals surface area (Å²) in [5.41, 5.74) is 0.545. The number of amides is 1. The van der Waals surface area contributed by atoms with Gasteiger partial charge in [-0.1, -0.05) is 11.6 Å². The van der Waals surface area contributed by atoms with E-state index in [1.54, 1.807) is 19.2 Å². The minimum Gasteiger partial charge on any atom is -0.491 e. The molecule has 0 aliphatic rings. The van der Waals surface area contributed by atoms with Crippen LogP contribution in [0.15, 0.2) is 36.5 Å². The van der Waals surface area contributed by atoms with Crippen LogP contribution in [0.2, 0.25) is 5.02 Å². The van der Waals surface area contributed by atoms with E-state index in [2.05, 4.69) is 10.3 Å². The van der Waals surface area contributed by atoms with E-state index in [0.717, 1.165) is 6.07 Å². The molecule has 0 saturated heterocycles. The number of nitrogens with zero attached hydrogens (tertiary/aromatic N) is 1. The lowest BCUT2D eigenvalue weighted by Crippen LogP contribution is -2.15. The van der Waals surface area contributed by atoms with Crippen LogP contribution < -0.4 is 14.8 Å². The Morgan fingerprint density at radius 2 is 2.04 bits per heavy atom. The molecule has 1 aromatic heterocycles. The molecule has 8 heteroatoms. The van der Waals surface area contributed by atoms with Gasteiger partial charge in [-0.05, 0) is 24.3 Å². The van der Waals surface area contributed by atoms with E-state index >= 15 is 0 Å². The molecule has 0 atom stereocenters. The van der Waals surface area contributed by atoms with Gasteiger partial charge < -0.3 is 19.5 Å². The van der Waals surface area contributed by atoms with Gasteiger partial charge in [-0.2, -0.15) is 0 Å². The summed E-state index contributed by atoms with van der Waals surface area (Å²) in [7, 11) is 1.59. The first-order chi connectivity index (χ1) is 12.1. The Morgan fingerprint density at radius 1 is 1.20 bits per heavy atom. The number of carbonyl (C=O) groups excluding carboxylic acids is 1. The van der Waals surface area contributed by atoms with Gasteiger partial charge in [-0.3, -0.25) is 4.79 Å². The molecule has 0 saturated carbocycles. The molecule has 0 fully saturated rings. The fourth-order valence-corrected chi connectivity index (χ4v) is 2.06. The summed E-state index contributed by atoms with van der Waals surface area (Å²) in [6, 6.07) is 7.15. The Bertz CT molecular complexity index is 698. The van der Waals surface area contributed by atoms with Gasteiger partial charge in [0.15, 0.2) is 0 Å². The van der Waals surface area contributed by atoms with Crippen molar-refractivity contribution in [2.75, 3.05) is 32.2 Å². The summed E-state index contributed by atoms with van der Waals surface area (Å²) >= 11 is 5.84. The third kappa shape index (κ3) is 6.56. The molecule has 0 aliphatic heterocycles. The van der Waals surface area contributed by atoms with Crippen LogP contribution in [-0.4, -0.2) is 37.8 Å². The van der Waals surface area contributed by atoms with Crippen LogP contribution in [0.3, 0.4) is 0 Å². The number of rotatable bonds is 9. The van der Waals surface area contributed by atoms with Crippen LogP contribution >= 0.6 is 11.6 Å². The molecular formula is C17H18ClFN2O4. The molecule has 134 valence electrons. The molecule has 1 heterocycles. The first-order valence-corrected chi connectivity index (χ1v) is 7.92. The van der Waals surface area contributed by atoms with E-state index in [-0.39, 0.29) is 24.0 Å². The number of aromatic nitrogens is 1. The maximum Gasteiger partial charge on any atom is 0.227 e. The predicted molar refractivity (Wildman–Crippen MR) is 91.8 cm³/mol. The lowest BCUT2D eigenvalue weighted by atomic mass is 10.3. The van der Waals surface area contributed by atoms with Crippen molar-refractivity contribution in [1.82, 2.24) is 4.98 Å². The number of ether oxygens (including phenoxy) is 3. The van der Waals surface area contributed by atoms with Gasteiger partial charge in [0.05, 0.1) is 36.5 Å². The van der Waals surface area contributed by atoms with Crippen molar-refractivity contribution in [3.8, 4) is 11.6 Å². The zero-order chi connectivity index (χ0) is 18.1. The number of benzene rings is 1. The summed E-state index contributed by atoms with van der Waals surface area (Å²) in [4.78, 5) is 16.0. The highest BCUT2D eigenvalue weighted by Gasteiger charge is 2.07. The molecule has 1 N–H and O–H groups in total. The average Bonchev–Trinajstić information content (AvgIpc) is 2.59. The second-order valence-corrected chi connectivity index (χ2v) is 5.35. The van der Waals surface area contributed by atoms with Crippen molar-refractivity contribution in [3.05, 3.63) is 47.4 Å². The van der Waals surface area contributed by atoms with Crippen LogP contribution in [0.4, 0.5) is 10.1 Å². The van der Waals surface area contributed by atoms with E-state index in [0.29, 0.717) is 30.5 Å². The molecule has 2 rings (SSSR count). The van der Waals surface area contributed by atoms with Crippen molar-refractivity contribution < 1.29 is 23.4 Å². The lowest BCUT2D eigenvalue weighted by Gasteiger charge is -2.09. The van der Waals surface area contributed by atoms with Gasteiger partial charge in [-0.15, -0.1) is 0 Å². The molecule has 0 unspecified atom stereocenters. The highest BCUT2D eigenvalue weighted by Crippen LogP contribution is 2.24. The largest absolute Gasteiger partial charge is 0.491 e. The van der Waals surface area contributed by atoms with Crippen molar-refractivity contribution in [3.63, 3.8) is 0 Å². The van der Waals surface area contributed by atoms with Crippen LogP contribution in [0.5, 0.6) is 11.6 Å². The van der Waals surface area contributed by atoms with Crippen molar-refractivity contribution in [2.24, 2.45) is 0 Å². The molecule has 0 aliphatic carbocycles. The van der Waals surface area contributed by atoms with Gasteiger partial charge in [0.25, 0.3) is 0 Å². The van der Waals surface area contributed by atoms with E-state index in [1.807, 2.05) is 0 Å². The van der Waals surface area contributed by atoms with Gasteiger partial charge in [0, 0.05) is 13.2 Å². The van der Waals surface area contributed by atoms with Crippen molar-refractivity contribution in [2.45, 2.75) is 6.42 Å². The van der Waals surface area contributed by atoms with E-state index in [9.17, 15) is 9.18 Å². The van der Waals surface area contributed by atoms with Crippen molar-refractivity contribution in [1.29, 1.82) is 0 Å². The molecule has 2 aromatic rings. The molecular weight excluding hydrogens is 351 g/mol. The first-order valence-electron chi connectivity index (χ1n) is 7.54. The fraction of sp³-hybridized carbons (Fsp3) is 0.294. The maximum absolute atomic E-state index is 12.9. The van der Waals surface area contributed by atoms with E-state index in [4.69, 9.17) is 25.8 Å². The number of carbonyl (C=O) groups is 1. The van der Waals surface area contributed by atoms with E-state index < -0.39 is 5.82 Å². The molecule has 0 radical (unpaired) electrons. The monoisotopic (exact) mass is 368 g/mol. The fourth-order valence-electron chi connectivity index (χ4n) is 1.84. The third-order valence-corrected chi connectivity index (χ3v) is 3.33. The molecule has 1 amide bonds. The van der Waals surface area contributed by atoms with Crippen molar-refractivity contribution >= 4 is 23.2 Å². The Balaban J connectivity index is 1.74. The number of pyridine rings is 1. The predicted octanol–water partition coefficient (Wildman–Crippen LogP) is 3.31. The number of methoxy groups -OCH3 is 1. The van der Waals surface area contributed by atoms with Crippen LogP contribution in [0.1, 0.15) is 6.42 Å². The first kappa shape index (κ1) is 19.0. The number of anilines is 1. The minimum absolute atomic E-state index is 0.111. The minimum atomic E-state index is -0.447. The molecule has 6 nitrogen and oxygen atoms in total. The van der Waals surface area contributed by atoms with E-state index in [1.165, 1.54) is 18.3 Å². The molecule has 0 bridgehead atoms. The van der Waals surface area contributed by atoms with Gasteiger partial charge in [0.2, 0.25) is 11.8 Å². The second kappa shape index (κ2) is 9.80. The van der Waals surface area contributed by atoms with Crippen LogP contribution in [0.25, 0.3) is 0 Å². The Morgan fingerprint density at radius 3 is 2.72 bits per heavy atom. The number of hydrogen-bond donors (Lipinski definition) is 1. The molecule has 1 aromatic carbocycles. The Hall–Kier alpha value is -2.38. The topological polar surface area (TPSA) is 69.7 Å². The highest BCUT2D eigenvalue weighted by molar-refractivity contribution is 6.32. The maximum atomic E-state index is 12.9. The standard InChI is InChI=1S/C17H18ClFN2O4/c1-23-8-9-25-17-5-3-13(11-20-17)21-16(22)6-7-24-15-4-2-12(19)10-14(15)18/h2-5,10-11H,6-9H2,1H3,(H,21,22). The summed E-state index contributed by atoms with van der Waals surface area (Å²) in [5, 5.41) is 2.85. The van der Waals surface area contributed by atoms with Crippen LogP contribution in [-0.2, 0) is 9.53 Å². The second-order valence-electron chi connectivity index (χ2n) is 4.95. The highest BCUT2D eigenvalue weighted by atomic mass is 35.5. The van der Waals surface area contributed by atoms with Gasteiger partial charge in [-0.25, -0.2) is 9.37 Å². The third-order valence-electron chi connectivity index (χ3n) is 3.04. The summed E-state index contributed by atoms with van der Waals surface area (Å²) in [5.74, 6) is 0.0877. The summed E-state index contributed by atoms with van der Waals surface area (Å²) in [6.45, 7) is 0.986. The number of halogens is 2. The van der Waals surface area contributed by atoms with Crippen LogP contribution in [0, 0.1) is 5.82 Å². The zero-order valence-corrected chi connectivity index (χ0v) is 14.4. The summed E-state index contributed by atoms with van der Waals surface area (Å²) < 4.78 is 28.5. The summed E-state index contributed by atoms with van der Waals surface area (Å²) in [6.07, 6.45) is 1.61. The Labute approximate surface area is 149 Å². The van der Waals surface area contributed by atoms with Gasteiger partial charge >= 0.3 is 0 Å². The zero-order valence-electron chi connectivity index (χ0n) is 13.6.